The molecule has 0 amide bonds. The summed E-state index contributed by atoms with van der Waals surface area (Å²) in [5.41, 5.74) is 0. The van der Waals surface area contributed by atoms with E-state index in [0.29, 0.717) is 6.42 Å². The normalized spacial score (nSPS) is 15.1. The van der Waals surface area contributed by atoms with Gasteiger partial charge in [-0.15, -0.1) is 0 Å². The van der Waals surface area contributed by atoms with Crippen LogP contribution in [-0.2, 0) is 10.1 Å². The van der Waals surface area contributed by atoms with Crippen molar-refractivity contribution in [1.82, 2.24) is 0 Å². The van der Waals surface area contributed by atoms with Crippen molar-refractivity contribution in [2.45, 2.75) is 25.0 Å². The fraction of sp³-hybridized carbons (Fsp3) is 1.00. The van der Waals surface area contributed by atoms with E-state index in [0.717, 1.165) is 0 Å². The molecule has 5 heteroatoms. The summed E-state index contributed by atoms with van der Waals surface area (Å²) in [6.07, 6.45) is 0.726. The monoisotopic (exact) mass is 170 g/mol. The molecule has 0 radical (unpaired) electrons. The average molecular weight is 170 g/mol. The Labute approximate surface area is 60.0 Å². The lowest BCUT2D eigenvalue weighted by Crippen LogP contribution is -2.22. The molecule has 3 nitrogen and oxygen atoms in total. The standard InChI is InChI=1S/C5H11FO3S/c1-2-3-5(4-6)10(7,8)9/h5H,2-4H2,1H3,(H,7,8,9). The molecule has 0 saturated heterocycles. The van der Waals surface area contributed by atoms with Gasteiger partial charge in [-0.1, -0.05) is 13.3 Å². The molecule has 0 aromatic carbocycles. The van der Waals surface area contributed by atoms with E-state index in [4.69, 9.17) is 4.55 Å². The molecule has 62 valence electrons. The molecule has 1 atom stereocenters. The van der Waals surface area contributed by atoms with Gasteiger partial charge in [-0.25, -0.2) is 4.39 Å². The lowest BCUT2D eigenvalue weighted by molar-refractivity contribution is 0.411. The van der Waals surface area contributed by atoms with E-state index in [1.165, 1.54) is 0 Å². The minimum absolute atomic E-state index is 0.176. The molecular weight excluding hydrogens is 159 g/mol. The lowest BCUT2D eigenvalue weighted by atomic mass is 10.3. The molecule has 0 aliphatic heterocycles. The van der Waals surface area contributed by atoms with E-state index in [2.05, 4.69) is 0 Å². The van der Waals surface area contributed by atoms with E-state index >= 15 is 0 Å². The summed E-state index contributed by atoms with van der Waals surface area (Å²) in [6, 6.07) is 0. The highest BCUT2D eigenvalue weighted by Gasteiger charge is 2.21. The second-order valence-corrected chi connectivity index (χ2v) is 3.78. The van der Waals surface area contributed by atoms with E-state index in [1.54, 1.807) is 6.92 Å². The minimum atomic E-state index is -4.15. The molecule has 0 aliphatic carbocycles. The number of hydrogen-bond acceptors (Lipinski definition) is 2. The van der Waals surface area contributed by atoms with Crippen molar-refractivity contribution in [1.29, 1.82) is 0 Å². The van der Waals surface area contributed by atoms with Crippen LogP contribution in [0.25, 0.3) is 0 Å². The SMILES string of the molecule is CCCC(CF)S(=O)(=O)O. The van der Waals surface area contributed by atoms with Crippen LogP contribution in [0.5, 0.6) is 0 Å². The Bertz CT molecular complexity index is 175. The molecule has 0 aromatic heterocycles. The Morgan fingerprint density at radius 1 is 1.60 bits per heavy atom. The summed E-state index contributed by atoms with van der Waals surface area (Å²) in [4.78, 5) is 0. The first-order valence-corrected chi connectivity index (χ1v) is 4.55. The maximum Gasteiger partial charge on any atom is 0.270 e. The summed E-state index contributed by atoms with van der Waals surface area (Å²) < 4.78 is 40.7. The second kappa shape index (κ2) is 3.88. The van der Waals surface area contributed by atoms with Gasteiger partial charge in [0.15, 0.2) is 0 Å². The Morgan fingerprint density at radius 3 is 2.20 bits per heavy atom. The van der Waals surface area contributed by atoms with Crippen molar-refractivity contribution in [3.8, 4) is 0 Å². The summed E-state index contributed by atoms with van der Waals surface area (Å²) in [5.74, 6) is 0. The quantitative estimate of drug-likeness (QED) is 0.641. The molecule has 10 heavy (non-hydrogen) atoms. The minimum Gasteiger partial charge on any atom is -0.285 e. The van der Waals surface area contributed by atoms with Gasteiger partial charge in [0.05, 0.1) is 0 Å². The van der Waals surface area contributed by atoms with Crippen LogP contribution in [0.3, 0.4) is 0 Å². The summed E-state index contributed by atoms with van der Waals surface area (Å²) in [6.45, 7) is 0.723. The highest BCUT2D eigenvalue weighted by atomic mass is 32.2. The number of rotatable bonds is 4. The van der Waals surface area contributed by atoms with Crippen LogP contribution in [0, 0.1) is 0 Å². The van der Waals surface area contributed by atoms with Gasteiger partial charge < -0.3 is 0 Å². The van der Waals surface area contributed by atoms with Gasteiger partial charge in [0.1, 0.15) is 11.9 Å². The van der Waals surface area contributed by atoms with E-state index < -0.39 is 22.0 Å². The molecule has 1 N–H and O–H groups in total. The smallest absolute Gasteiger partial charge is 0.270 e. The van der Waals surface area contributed by atoms with Gasteiger partial charge in [0.25, 0.3) is 10.1 Å². The van der Waals surface area contributed by atoms with Crippen molar-refractivity contribution in [2.24, 2.45) is 0 Å². The lowest BCUT2D eigenvalue weighted by Gasteiger charge is -2.06. The van der Waals surface area contributed by atoms with Gasteiger partial charge >= 0.3 is 0 Å². The number of halogens is 1. The molecule has 0 bridgehead atoms. The van der Waals surface area contributed by atoms with Crippen molar-refractivity contribution >= 4 is 10.1 Å². The van der Waals surface area contributed by atoms with Crippen molar-refractivity contribution < 1.29 is 17.4 Å². The van der Waals surface area contributed by atoms with Crippen LogP contribution in [0.15, 0.2) is 0 Å². The third-order valence-corrected chi connectivity index (χ3v) is 2.41. The summed E-state index contributed by atoms with van der Waals surface area (Å²) >= 11 is 0. The van der Waals surface area contributed by atoms with Gasteiger partial charge in [0, 0.05) is 0 Å². The maximum atomic E-state index is 11.8. The van der Waals surface area contributed by atoms with Crippen LogP contribution in [0.1, 0.15) is 19.8 Å². The van der Waals surface area contributed by atoms with Gasteiger partial charge in [-0.2, -0.15) is 8.42 Å². The zero-order valence-electron chi connectivity index (χ0n) is 5.75. The highest BCUT2D eigenvalue weighted by molar-refractivity contribution is 7.86. The predicted molar refractivity (Wildman–Crippen MR) is 36.2 cm³/mol. The fourth-order valence-electron chi connectivity index (χ4n) is 0.628. The predicted octanol–water partition coefficient (Wildman–Crippen LogP) is 1.01. The highest BCUT2D eigenvalue weighted by Crippen LogP contribution is 2.06. The summed E-state index contributed by atoms with van der Waals surface area (Å²) in [7, 11) is -4.15. The van der Waals surface area contributed by atoms with Crippen LogP contribution in [-0.4, -0.2) is 24.9 Å². The van der Waals surface area contributed by atoms with E-state index in [9.17, 15) is 12.8 Å². The summed E-state index contributed by atoms with van der Waals surface area (Å²) in [5, 5.41) is -1.22. The van der Waals surface area contributed by atoms with Crippen LogP contribution in [0.4, 0.5) is 4.39 Å². The number of alkyl halides is 1. The molecule has 0 aliphatic rings. The Kier molecular flexibility index (Phi) is 3.81. The molecule has 0 rings (SSSR count). The third kappa shape index (κ3) is 3.12. The molecule has 1 unspecified atom stereocenters. The molecule has 0 fully saturated rings. The van der Waals surface area contributed by atoms with Crippen LogP contribution < -0.4 is 0 Å². The zero-order valence-corrected chi connectivity index (χ0v) is 6.57. The van der Waals surface area contributed by atoms with Crippen LogP contribution >= 0.6 is 0 Å². The molecule has 0 heterocycles. The first-order valence-electron chi connectivity index (χ1n) is 3.04. The second-order valence-electron chi connectivity index (χ2n) is 2.08. The maximum absolute atomic E-state index is 11.8. The van der Waals surface area contributed by atoms with E-state index in [1.807, 2.05) is 0 Å². The van der Waals surface area contributed by atoms with Gasteiger partial charge in [-0.05, 0) is 6.42 Å². The third-order valence-electron chi connectivity index (χ3n) is 1.20. The first kappa shape index (κ1) is 9.84. The van der Waals surface area contributed by atoms with E-state index in [-0.39, 0.29) is 6.42 Å². The number of hydrogen-bond donors (Lipinski definition) is 1. The zero-order chi connectivity index (χ0) is 8.20. The van der Waals surface area contributed by atoms with Crippen molar-refractivity contribution in [3.63, 3.8) is 0 Å². The molecular formula is C5H11FO3S. The molecule has 0 spiro atoms. The van der Waals surface area contributed by atoms with Crippen LogP contribution in [0.2, 0.25) is 0 Å². The fourth-order valence-corrected chi connectivity index (χ4v) is 1.32. The molecule has 0 aromatic rings. The largest absolute Gasteiger partial charge is 0.285 e. The average Bonchev–Trinajstić information content (AvgIpc) is 1.80. The molecule has 0 saturated carbocycles. The topological polar surface area (TPSA) is 54.4 Å². The Balaban J connectivity index is 4.08. The Morgan fingerprint density at radius 2 is 2.10 bits per heavy atom. The van der Waals surface area contributed by atoms with Crippen molar-refractivity contribution in [2.75, 3.05) is 6.67 Å². The van der Waals surface area contributed by atoms with Crippen molar-refractivity contribution in [3.05, 3.63) is 0 Å². The first-order chi connectivity index (χ1) is 4.52. The Hall–Kier alpha value is -0.160. The van der Waals surface area contributed by atoms with Gasteiger partial charge in [0.2, 0.25) is 0 Å². The van der Waals surface area contributed by atoms with Gasteiger partial charge in [-0.3, -0.25) is 4.55 Å².